The average Bonchev–Trinajstić information content (AvgIpc) is 2.67. The lowest BCUT2D eigenvalue weighted by Crippen LogP contribution is -2.55. The third-order valence-corrected chi connectivity index (χ3v) is 16.1. The van der Waals surface area contributed by atoms with Gasteiger partial charge >= 0.3 is 17.6 Å². The first-order valence-corrected chi connectivity index (χ1v) is 19.2. The molecule has 0 spiro atoms. The van der Waals surface area contributed by atoms with Crippen molar-refractivity contribution in [2.75, 3.05) is 90.4 Å². The van der Waals surface area contributed by atoms with Crippen molar-refractivity contribution in [2.45, 2.75) is 24.9 Å². The number of hydrogen-bond acceptors (Lipinski definition) is 11. The molecule has 180 valence electrons. The highest BCUT2D eigenvalue weighted by atomic mass is 33.5. The van der Waals surface area contributed by atoms with Gasteiger partial charge in [-0.3, -0.25) is 9.80 Å². The summed E-state index contributed by atoms with van der Waals surface area (Å²) in [4.78, 5) is 4.71. The van der Waals surface area contributed by atoms with Crippen LogP contribution in [0.1, 0.15) is 12.8 Å². The second kappa shape index (κ2) is 13.3. The topological polar surface area (TPSA) is 61.9 Å². The predicted molar refractivity (Wildman–Crippen MR) is 131 cm³/mol. The fourth-order valence-electron chi connectivity index (χ4n) is 4.13. The highest BCUT2D eigenvalue weighted by Crippen LogP contribution is 2.37. The van der Waals surface area contributed by atoms with E-state index in [0.29, 0.717) is 0 Å². The van der Waals surface area contributed by atoms with Crippen molar-refractivity contribution in [3.63, 3.8) is 0 Å². The monoisotopic (exact) mass is 528 g/mol. The zero-order valence-corrected chi connectivity index (χ0v) is 22.7. The van der Waals surface area contributed by atoms with Crippen molar-refractivity contribution in [3.05, 3.63) is 0 Å². The van der Waals surface area contributed by atoms with Crippen LogP contribution in [0.2, 0.25) is 12.1 Å². The molecule has 0 aromatic heterocycles. The first-order valence-electron chi connectivity index (χ1n) is 11.5. The van der Waals surface area contributed by atoms with Crippen LogP contribution in [-0.4, -0.2) is 118 Å². The van der Waals surface area contributed by atoms with E-state index in [9.17, 15) is 0 Å². The predicted octanol–water partition coefficient (Wildman–Crippen LogP) is 2.43. The van der Waals surface area contributed by atoms with Gasteiger partial charge in [0.25, 0.3) is 0 Å². The first kappa shape index (κ1) is 25.3. The van der Waals surface area contributed by atoms with E-state index in [1.807, 2.05) is 31.4 Å². The molecule has 8 nitrogen and oxygen atoms in total. The van der Waals surface area contributed by atoms with Crippen LogP contribution in [0, 0.1) is 0 Å². The third kappa shape index (κ3) is 8.11. The Morgan fingerprint density at radius 2 is 0.839 bits per heavy atom. The van der Waals surface area contributed by atoms with Gasteiger partial charge in [0.05, 0.1) is 39.6 Å². The minimum Gasteiger partial charge on any atom is -0.372 e. The van der Waals surface area contributed by atoms with Gasteiger partial charge in [0.15, 0.2) is 0 Å². The van der Waals surface area contributed by atoms with E-state index in [2.05, 4.69) is 9.80 Å². The van der Waals surface area contributed by atoms with Crippen molar-refractivity contribution in [2.24, 2.45) is 0 Å². The molecule has 6 aliphatic rings. The summed E-state index contributed by atoms with van der Waals surface area (Å²) in [6.45, 7) is 10.5. The van der Waals surface area contributed by atoms with Crippen molar-refractivity contribution >= 4 is 49.0 Å². The molecule has 0 amide bonds. The van der Waals surface area contributed by atoms with E-state index in [-0.39, 0.29) is 0 Å². The lowest BCUT2D eigenvalue weighted by atomic mass is 10.4. The third-order valence-electron chi connectivity index (χ3n) is 5.89. The van der Waals surface area contributed by atoms with Crippen LogP contribution in [0.4, 0.5) is 0 Å². The van der Waals surface area contributed by atoms with Crippen molar-refractivity contribution in [3.8, 4) is 0 Å². The molecule has 6 saturated heterocycles. The van der Waals surface area contributed by atoms with Gasteiger partial charge in [-0.1, -0.05) is 21.6 Å². The minimum absolute atomic E-state index is 0.740. The van der Waals surface area contributed by atoms with E-state index >= 15 is 0 Å². The number of fused-ring (bicyclic) bond motifs is 12. The second-order valence-electron chi connectivity index (χ2n) is 8.06. The summed E-state index contributed by atoms with van der Waals surface area (Å²) in [5, 5.41) is 0. The summed E-state index contributed by atoms with van der Waals surface area (Å²) < 4.78 is 36.6. The number of rotatable bonds is 10. The maximum atomic E-state index is 6.10. The fourth-order valence-corrected chi connectivity index (χ4v) is 13.5. The van der Waals surface area contributed by atoms with Crippen LogP contribution in [0.25, 0.3) is 0 Å². The van der Waals surface area contributed by atoms with E-state index in [1.165, 1.54) is 0 Å². The SMILES string of the molecule is C(CSSSCCC[Si]12OCCN(CCO1)CCO2)C[Si]12OCCN(CCO1)CCO2. The molecule has 0 atom stereocenters. The Morgan fingerprint density at radius 3 is 1.16 bits per heavy atom. The molecule has 0 aromatic carbocycles. The molecule has 6 heterocycles. The molecule has 0 unspecified atom stereocenters. The second-order valence-corrected chi connectivity index (χ2v) is 18.0. The molecular formula is C18H36N2O6S3Si2. The Bertz CT molecular complexity index is 447. The highest BCUT2D eigenvalue weighted by molar-refractivity contribution is 9.09. The van der Waals surface area contributed by atoms with Crippen molar-refractivity contribution in [1.29, 1.82) is 0 Å². The minimum atomic E-state index is -2.44. The normalized spacial score (nSPS) is 36.8. The number of hydrogen-bond donors (Lipinski definition) is 0. The van der Waals surface area contributed by atoms with Gasteiger partial charge < -0.3 is 26.6 Å². The standard InChI is InChI=1S/C18H36N2O6S3Si2/c1(17-30-21-9-3-19(4-10-22-30)5-11-23-30)15-27-29-28-16-2-18-31-24-12-6-20(7-13-25-31)8-14-26-31/h1-18H2. The zero-order chi connectivity index (χ0) is 21.2. The smallest absolute Gasteiger partial charge is 0.372 e. The molecule has 0 N–H and O–H groups in total. The molecule has 13 heteroatoms. The maximum absolute atomic E-state index is 6.10. The molecular weight excluding hydrogens is 493 g/mol. The molecule has 0 aromatic rings. The lowest BCUT2D eigenvalue weighted by molar-refractivity contribution is -0.00878. The maximum Gasteiger partial charge on any atom is 0.501 e. The van der Waals surface area contributed by atoms with E-state index in [0.717, 1.165) is 115 Å². The van der Waals surface area contributed by atoms with Crippen LogP contribution < -0.4 is 0 Å². The Balaban J connectivity index is 1.06. The molecule has 6 rings (SSSR count). The van der Waals surface area contributed by atoms with Gasteiger partial charge in [0.1, 0.15) is 0 Å². The Kier molecular flexibility index (Phi) is 10.8. The van der Waals surface area contributed by atoms with Crippen molar-refractivity contribution in [1.82, 2.24) is 9.80 Å². The van der Waals surface area contributed by atoms with E-state index in [1.54, 1.807) is 0 Å². The van der Waals surface area contributed by atoms with Gasteiger partial charge in [-0.15, -0.1) is 0 Å². The molecule has 6 aliphatic heterocycles. The van der Waals surface area contributed by atoms with Gasteiger partial charge in [0.2, 0.25) is 0 Å². The van der Waals surface area contributed by atoms with Gasteiger partial charge in [-0.2, -0.15) is 0 Å². The molecule has 31 heavy (non-hydrogen) atoms. The quantitative estimate of drug-likeness (QED) is 0.239. The van der Waals surface area contributed by atoms with Crippen LogP contribution in [0.3, 0.4) is 0 Å². The fraction of sp³-hybridized carbons (Fsp3) is 1.00. The van der Waals surface area contributed by atoms with Crippen LogP contribution >= 0.6 is 31.4 Å². The van der Waals surface area contributed by atoms with Crippen LogP contribution in [0.15, 0.2) is 0 Å². The zero-order valence-electron chi connectivity index (χ0n) is 18.3. The molecule has 0 saturated carbocycles. The summed E-state index contributed by atoms with van der Waals surface area (Å²) in [7, 11) is 0.848. The largest absolute Gasteiger partial charge is 0.501 e. The summed E-state index contributed by atoms with van der Waals surface area (Å²) in [5.74, 6) is 2.19. The average molecular weight is 529 g/mol. The van der Waals surface area contributed by atoms with Gasteiger partial charge in [-0.25, -0.2) is 0 Å². The summed E-state index contributed by atoms with van der Waals surface area (Å²) in [6, 6.07) is 1.87. The molecule has 0 radical (unpaired) electrons. The lowest BCUT2D eigenvalue weighted by Gasteiger charge is -2.38. The summed E-state index contributed by atoms with van der Waals surface area (Å²) in [6.07, 6.45) is 2.16. The van der Waals surface area contributed by atoms with E-state index < -0.39 is 17.6 Å². The van der Waals surface area contributed by atoms with Crippen LogP contribution in [-0.2, 0) is 26.6 Å². The molecule has 4 bridgehead atoms. The first-order chi connectivity index (χ1) is 15.3. The van der Waals surface area contributed by atoms with Gasteiger partial charge in [0, 0.05) is 62.9 Å². The number of nitrogens with zero attached hydrogens (tertiary/aromatic N) is 2. The van der Waals surface area contributed by atoms with Gasteiger partial charge in [-0.05, 0) is 22.7 Å². The molecule has 0 aliphatic carbocycles. The summed E-state index contributed by atoms with van der Waals surface area (Å²) >= 11 is 0. The molecule has 6 fully saturated rings. The Labute approximate surface area is 200 Å². The van der Waals surface area contributed by atoms with E-state index in [4.69, 9.17) is 26.6 Å². The Hall–Kier alpha value is 1.16. The van der Waals surface area contributed by atoms with Crippen LogP contribution in [0.5, 0.6) is 0 Å². The highest BCUT2D eigenvalue weighted by Gasteiger charge is 2.44. The van der Waals surface area contributed by atoms with Crippen molar-refractivity contribution < 1.29 is 26.6 Å². The summed E-state index contributed by atoms with van der Waals surface area (Å²) in [5.41, 5.74) is 0. The Morgan fingerprint density at radius 1 is 0.516 bits per heavy atom.